The van der Waals surface area contributed by atoms with Crippen molar-refractivity contribution in [2.75, 3.05) is 26.2 Å². The summed E-state index contributed by atoms with van der Waals surface area (Å²) < 4.78 is 5.91. The number of aryl methyl sites for hydroxylation is 1. The van der Waals surface area contributed by atoms with Crippen LogP contribution in [0, 0.1) is 6.92 Å². The quantitative estimate of drug-likeness (QED) is 0.776. The lowest BCUT2D eigenvalue weighted by atomic mass is 9.86. The number of β-amino-alcohol motifs (C(OH)–C–C–N with tert-alkyl or cyclic N) is 1. The van der Waals surface area contributed by atoms with E-state index in [2.05, 4.69) is 14.9 Å². The normalized spacial score (nSPS) is 16.6. The fraction of sp³-hybridized carbons (Fsp3) is 0.300. The van der Waals surface area contributed by atoms with Gasteiger partial charge in [-0.05, 0) is 24.6 Å². The minimum atomic E-state index is -0.737. The van der Waals surface area contributed by atoms with E-state index in [0.717, 1.165) is 23.0 Å². The summed E-state index contributed by atoms with van der Waals surface area (Å²) in [7, 11) is 0. The van der Waals surface area contributed by atoms with E-state index < -0.39 is 5.60 Å². The average molecular weight is 335 g/mol. The highest BCUT2D eigenvalue weighted by Gasteiger charge is 2.42. The van der Waals surface area contributed by atoms with E-state index >= 15 is 0 Å². The van der Waals surface area contributed by atoms with Gasteiger partial charge in [-0.2, -0.15) is 4.98 Å². The van der Waals surface area contributed by atoms with Gasteiger partial charge in [0.1, 0.15) is 18.0 Å². The first kappa shape index (κ1) is 16.0. The highest BCUT2D eigenvalue weighted by atomic mass is 16.5. The van der Waals surface area contributed by atoms with Crippen LogP contribution in [0.4, 0.5) is 0 Å². The van der Waals surface area contributed by atoms with Crippen molar-refractivity contribution in [1.29, 1.82) is 0 Å². The van der Waals surface area contributed by atoms with Crippen LogP contribution in [-0.2, 0) is 5.60 Å². The summed E-state index contributed by atoms with van der Waals surface area (Å²) in [4.78, 5) is 11.0. The molecule has 1 aliphatic rings. The van der Waals surface area contributed by atoms with E-state index in [1.165, 1.54) is 0 Å². The number of benzene rings is 2. The molecule has 5 nitrogen and oxygen atoms in total. The van der Waals surface area contributed by atoms with Crippen LogP contribution in [0.2, 0.25) is 0 Å². The molecule has 4 rings (SSSR count). The second-order valence-corrected chi connectivity index (χ2v) is 6.55. The van der Waals surface area contributed by atoms with Gasteiger partial charge in [0, 0.05) is 19.6 Å². The summed E-state index contributed by atoms with van der Waals surface area (Å²) in [5.74, 6) is 1.33. The molecule has 1 fully saturated rings. The van der Waals surface area contributed by atoms with Crippen molar-refractivity contribution in [2.45, 2.75) is 12.5 Å². The molecule has 128 valence electrons. The van der Waals surface area contributed by atoms with E-state index in [0.29, 0.717) is 31.4 Å². The second kappa shape index (κ2) is 6.43. The first-order chi connectivity index (χ1) is 12.1. The topological polar surface area (TPSA) is 58.5 Å². The van der Waals surface area contributed by atoms with Crippen molar-refractivity contribution in [2.24, 2.45) is 0 Å². The lowest BCUT2D eigenvalue weighted by Crippen LogP contribution is -2.60. The van der Waals surface area contributed by atoms with Gasteiger partial charge in [0.15, 0.2) is 0 Å². The number of aliphatic hydroxyl groups is 1. The van der Waals surface area contributed by atoms with Gasteiger partial charge in [0.05, 0.1) is 10.9 Å². The Morgan fingerprint density at radius 3 is 2.56 bits per heavy atom. The van der Waals surface area contributed by atoms with Crippen molar-refractivity contribution < 1.29 is 9.84 Å². The molecule has 2 heterocycles. The number of para-hydroxylation sites is 1. The smallest absolute Gasteiger partial charge is 0.224 e. The lowest BCUT2D eigenvalue weighted by molar-refractivity contribution is -0.106. The van der Waals surface area contributed by atoms with Crippen LogP contribution in [0.15, 0.2) is 54.6 Å². The van der Waals surface area contributed by atoms with Crippen LogP contribution < -0.4 is 4.74 Å². The number of aromatic nitrogens is 2. The van der Waals surface area contributed by atoms with Crippen molar-refractivity contribution in [3.8, 4) is 5.88 Å². The molecule has 1 aromatic heterocycles. The van der Waals surface area contributed by atoms with Gasteiger partial charge in [0.2, 0.25) is 5.88 Å². The highest BCUT2D eigenvalue weighted by molar-refractivity contribution is 5.83. The molecular weight excluding hydrogens is 314 g/mol. The van der Waals surface area contributed by atoms with E-state index in [-0.39, 0.29) is 0 Å². The fourth-order valence-corrected chi connectivity index (χ4v) is 3.32. The maximum atomic E-state index is 10.6. The van der Waals surface area contributed by atoms with E-state index in [1.807, 2.05) is 61.5 Å². The number of rotatable bonds is 5. The molecule has 25 heavy (non-hydrogen) atoms. The van der Waals surface area contributed by atoms with Crippen LogP contribution in [0.3, 0.4) is 0 Å². The van der Waals surface area contributed by atoms with E-state index in [4.69, 9.17) is 4.74 Å². The molecule has 0 atom stereocenters. The number of hydrogen-bond donors (Lipinski definition) is 1. The van der Waals surface area contributed by atoms with E-state index in [9.17, 15) is 5.11 Å². The molecule has 0 spiro atoms. The molecule has 0 bridgehead atoms. The number of fused-ring (bicyclic) bond motifs is 1. The van der Waals surface area contributed by atoms with Gasteiger partial charge in [-0.15, -0.1) is 0 Å². The van der Waals surface area contributed by atoms with Gasteiger partial charge in [0.25, 0.3) is 0 Å². The second-order valence-electron chi connectivity index (χ2n) is 6.55. The summed E-state index contributed by atoms with van der Waals surface area (Å²) >= 11 is 0. The number of ether oxygens (including phenoxy) is 1. The molecule has 0 aliphatic carbocycles. The molecule has 5 heteroatoms. The van der Waals surface area contributed by atoms with Crippen molar-refractivity contribution in [3.63, 3.8) is 0 Å². The Morgan fingerprint density at radius 2 is 1.76 bits per heavy atom. The van der Waals surface area contributed by atoms with Gasteiger partial charge in [-0.3, -0.25) is 4.90 Å². The lowest BCUT2D eigenvalue weighted by Gasteiger charge is -2.46. The van der Waals surface area contributed by atoms with E-state index in [1.54, 1.807) is 0 Å². The molecule has 2 aromatic carbocycles. The third-order valence-corrected chi connectivity index (χ3v) is 4.61. The maximum absolute atomic E-state index is 10.6. The Labute approximate surface area is 146 Å². The van der Waals surface area contributed by atoms with Crippen molar-refractivity contribution in [1.82, 2.24) is 14.9 Å². The maximum Gasteiger partial charge on any atom is 0.224 e. The minimum Gasteiger partial charge on any atom is -0.476 e. The van der Waals surface area contributed by atoms with Gasteiger partial charge in [-0.25, -0.2) is 4.98 Å². The third-order valence-electron chi connectivity index (χ3n) is 4.61. The third kappa shape index (κ3) is 3.21. The summed E-state index contributed by atoms with van der Waals surface area (Å²) in [6, 6.07) is 17.7. The predicted molar refractivity (Wildman–Crippen MR) is 96.5 cm³/mol. The average Bonchev–Trinajstić information content (AvgIpc) is 2.60. The van der Waals surface area contributed by atoms with Crippen LogP contribution in [0.25, 0.3) is 10.9 Å². The van der Waals surface area contributed by atoms with Crippen LogP contribution in [-0.4, -0.2) is 46.2 Å². The van der Waals surface area contributed by atoms with Gasteiger partial charge < -0.3 is 9.84 Å². The Kier molecular flexibility index (Phi) is 4.11. The Hall–Kier alpha value is -2.50. The Bertz CT molecular complexity index is 877. The zero-order valence-electron chi connectivity index (χ0n) is 14.2. The van der Waals surface area contributed by atoms with Gasteiger partial charge >= 0.3 is 0 Å². The molecule has 1 N–H and O–H groups in total. The van der Waals surface area contributed by atoms with Crippen molar-refractivity contribution >= 4 is 10.9 Å². The molecule has 0 amide bonds. The number of likely N-dealkylation sites (tertiary alicyclic amines) is 1. The van der Waals surface area contributed by atoms with Gasteiger partial charge in [-0.1, -0.05) is 42.5 Å². The number of hydrogen-bond acceptors (Lipinski definition) is 5. The molecule has 0 saturated carbocycles. The molecule has 3 aromatic rings. The minimum absolute atomic E-state index is 0.533. The largest absolute Gasteiger partial charge is 0.476 e. The first-order valence-corrected chi connectivity index (χ1v) is 8.50. The van der Waals surface area contributed by atoms with Crippen LogP contribution >= 0.6 is 0 Å². The Morgan fingerprint density at radius 1 is 1.04 bits per heavy atom. The first-order valence-electron chi connectivity index (χ1n) is 8.50. The molecule has 1 saturated heterocycles. The molecule has 0 unspecified atom stereocenters. The van der Waals surface area contributed by atoms with Crippen molar-refractivity contribution in [3.05, 3.63) is 66.0 Å². The summed E-state index contributed by atoms with van der Waals surface area (Å²) in [5, 5.41) is 11.6. The summed E-state index contributed by atoms with van der Waals surface area (Å²) in [5.41, 5.74) is 1.14. The summed E-state index contributed by atoms with van der Waals surface area (Å²) in [6.45, 7) is 4.42. The molecule has 0 radical (unpaired) electrons. The monoisotopic (exact) mass is 335 g/mol. The fourth-order valence-electron chi connectivity index (χ4n) is 3.32. The summed E-state index contributed by atoms with van der Waals surface area (Å²) in [6.07, 6.45) is 0. The Balaban J connectivity index is 1.36. The standard InChI is InChI=1S/C20H21N3O2/c1-15-21-18-10-6-5-9-17(18)19(22-15)25-12-11-23-13-20(24,14-23)16-7-3-2-4-8-16/h2-10,24H,11-14H2,1H3. The van der Waals surface area contributed by atoms with Crippen LogP contribution in [0.5, 0.6) is 5.88 Å². The highest BCUT2D eigenvalue weighted by Crippen LogP contribution is 2.31. The molecule has 1 aliphatic heterocycles. The number of nitrogens with zero attached hydrogens (tertiary/aromatic N) is 3. The van der Waals surface area contributed by atoms with Crippen LogP contribution in [0.1, 0.15) is 11.4 Å². The SMILES string of the molecule is Cc1nc(OCCN2CC(O)(c3ccccc3)C2)c2ccccc2n1. The zero-order valence-corrected chi connectivity index (χ0v) is 14.2. The molecular formula is C20H21N3O2. The zero-order chi connectivity index (χ0) is 17.3. The predicted octanol–water partition coefficient (Wildman–Crippen LogP) is 2.52.